The molecule has 0 spiro atoms. The highest BCUT2D eigenvalue weighted by Gasteiger charge is 2.18. The molecule has 0 atom stereocenters. The van der Waals surface area contributed by atoms with Gasteiger partial charge >= 0.3 is 0 Å². The minimum absolute atomic E-state index is 0.146. The Hall–Kier alpha value is -3.38. The molecule has 28 heavy (non-hydrogen) atoms. The third-order valence-electron chi connectivity index (χ3n) is 5.02. The van der Waals surface area contributed by atoms with E-state index >= 15 is 0 Å². The Morgan fingerprint density at radius 2 is 2.07 bits per heavy atom. The minimum atomic E-state index is 0.146. The summed E-state index contributed by atoms with van der Waals surface area (Å²) in [5, 5.41) is 16.1. The summed E-state index contributed by atoms with van der Waals surface area (Å²) < 4.78 is 2.08. The average Bonchev–Trinajstić information content (AvgIpc) is 3.06. The highest BCUT2D eigenvalue weighted by molar-refractivity contribution is 5.81. The molecule has 1 saturated heterocycles. The molecule has 0 bridgehead atoms. The number of rotatable bonds is 4. The first-order chi connectivity index (χ1) is 13.6. The van der Waals surface area contributed by atoms with Crippen molar-refractivity contribution in [2.75, 3.05) is 42.1 Å². The molecule has 0 radical (unpaired) electrons. The van der Waals surface area contributed by atoms with Crippen LogP contribution in [0.5, 0.6) is 0 Å². The van der Waals surface area contributed by atoms with Crippen molar-refractivity contribution in [3.8, 4) is 6.07 Å². The normalized spacial score (nSPS) is 14.2. The van der Waals surface area contributed by atoms with E-state index < -0.39 is 0 Å². The van der Waals surface area contributed by atoms with Crippen LogP contribution in [-0.2, 0) is 13.6 Å². The van der Waals surface area contributed by atoms with Crippen molar-refractivity contribution in [2.45, 2.75) is 13.5 Å². The number of pyridine rings is 1. The molecule has 3 aromatic rings. The molecule has 1 fully saturated rings. The monoisotopic (exact) mass is 377 g/mol. The van der Waals surface area contributed by atoms with Gasteiger partial charge in [-0.15, -0.1) is 0 Å². The zero-order valence-corrected chi connectivity index (χ0v) is 16.0. The van der Waals surface area contributed by atoms with Crippen LogP contribution in [0.1, 0.15) is 17.0 Å². The molecule has 9 heteroatoms. The molecule has 0 unspecified atom stereocenters. The number of aryl methyl sites for hydroxylation is 2. The Labute approximate surface area is 163 Å². The van der Waals surface area contributed by atoms with Gasteiger partial charge in [0.1, 0.15) is 17.5 Å². The Bertz CT molecular complexity index is 1060. The largest absolute Gasteiger partial charge is 0.368 e. The molecule has 4 rings (SSSR count). The van der Waals surface area contributed by atoms with Crippen molar-refractivity contribution in [1.29, 1.82) is 5.26 Å². The molecule has 0 aliphatic carbocycles. The number of nitrogens with one attached hydrogen (secondary N) is 2. The molecule has 9 nitrogen and oxygen atoms in total. The van der Waals surface area contributed by atoms with Gasteiger partial charge in [-0.25, -0.2) is 9.97 Å². The van der Waals surface area contributed by atoms with Gasteiger partial charge in [0, 0.05) is 39.4 Å². The first-order valence-electron chi connectivity index (χ1n) is 9.25. The fourth-order valence-corrected chi connectivity index (χ4v) is 3.55. The molecular weight excluding hydrogens is 354 g/mol. The molecule has 4 N–H and O–H groups in total. The Morgan fingerprint density at radius 3 is 2.82 bits per heavy atom. The van der Waals surface area contributed by atoms with Gasteiger partial charge in [-0.1, -0.05) is 0 Å². The van der Waals surface area contributed by atoms with E-state index in [1.165, 1.54) is 0 Å². The van der Waals surface area contributed by atoms with Crippen LogP contribution in [0, 0.1) is 18.3 Å². The number of anilines is 3. The fraction of sp³-hybridized carbons (Fsp3) is 0.368. The van der Waals surface area contributed by atoms with E-state index in [9.17, 15) is 5.26 Å². The molecule has 0 amide bonds. The molecule has 1 aliphatic heterocycles. The number of hydrogen-bond acceptors (Lipinski definition) is 8. The number of aromatic nitrogens is 4. The van der Waals surface area contributed by atoms with Crippen molar-refractivity contribution in [1.82, 2.24) is 24.8 Å². The highest BCUT2D eigenvalue weighted by atomic mass is 15.2. The van der Waals surface area contributed by atoms with Gasteiger partial charge in [0.25, 0.3) is 0 Å². The smallest absolute Gasteiger partial charge is 0.222 e. The maximum Gasteiger partial charge on any atom is 0.222 e. The number of nitrogens with zero attached hydrogens (tertiary/aromatic N) is 6. The maximum absolute atomic E-state index is 9.45. The van der Waals surface area contributed by atoms with E-state index in [-0.39, 0.29) is 5.95 Å². The third-order valence-corrected chi connectivity index (χ3v) is 5.02. The van der Waals surface area contributed by atoms with Crippen LogP contribution in [0.2, 0.25) is 0 Å². The first-order valence-corrected chi connectivity index (χ1v) is 9.25. The number of nitriles is 1. The zero-order chi connectivity index (χ0) is 19.7. The van der Waals surface area contributed by atoms with E-state index in [4.69, 9.17) is 10.7 Å². The Morgan fingerprint density at radius 1 is 1.29 bits per heavy atom. The summed E-state index contributed by atoms with van der Waals surface area (Å²) in [5.41, 5.74) is 10.8. The van der Waals surface area contributed by atoms with Gasteiger partial charge in [0.15, 0.2) is 0 Å². The second-order valence-corrected chi connectivity index (χ2v) is 6.88. The lowest BCUT2D eigenvalue weighted by molar-refractivity contribution is 0.587. The zero-order valence-electron chi connectivity index (χ0n) is 16.0. The lowest BCUT2D eigenvalue weighted by atomic mass is 10.2. The van der Waals surface area contributed by atoms with Crippen LogP contribution in [0.15, 0.2) is 18.3 Å². The van der Waals surface area contributed by atoms with Crippen molar-refractivity contribution >= 4 is 28.5 Å². The average molecular weight is 377 g/mol. The molecule has 0 aromatic carbocycles. The van der Waals surface area contributed by atoms with Crippen molar-refractivity contribution in [3.63, 3.8) is 0 Å². The van der Waals surface area contributed by atoms with E-state index in [2.05, 4.69) is 42.2 Å². The van der Waals surface area contributed by atoms with Gasteiger partial charge < -0.3 is 25.8 Å². The van der Waals surface area contributed by atoms with E-state index in [0.717, 1.165) is 48.6 Å². The molecule has 0 saturated carbocycles. The molecular formula is C19H23N9. The Kier molecular flexibility index (Phi) is 4.71. The van der Waals surface area contributed by atoms with Gasteiger partial charge in [0.05, 0.1) is 34.7 Å². The molecule has 3 aromatic heterocycles. The lowest BCUT2D eigenvalue weighted by Crippen LogP contribution is -2.44. The molecule has 4 heterocycles. The van der Waals surface area contributed by atoms with Crippen LogP contribution in [-0.4, -0.2) is 45.7 Å². The number of piperazine rings is 1. The third kappa shape index (κ3) is 3.30. The number of nitrogens with two attached hydrogens (primary N) is 1. The highest BCUT2D eigenvalue weighted by Crippen LogP contribution is 2.27. The molecule has 1 aliphatic rings. The van der Waals surface area contributed by atoms with Crippen LogP contribution >= 0.6 is 0 Å². The second-order valence-electron chi connectivity index (χ2n) is 6.88. The predicted molar refractivity (Wildman–Crippen MR) is 109 cm³/mol. The van der Waals surface area contributed by atoms with Crippen molar-refractivity contribution in [3.05, 3.63) is 35.3 Å². The minimum Gasteiger partial charge on any atom is -0.368 e. The van der Waals surface area contributed by atoms with Gasteiger partial charge in [-0.3, -0.25) is 0 Å². The number of hydrogen-bond donors (Lipinski definition) is 3. The summed E-state index contributed by atoms with van der Waals surface area (Å²) in [4.78, 5) is 15.5. The predicted octanol–water partition coefficient (Wildman–Crippen LogP) is 1.15. The number of fused-ring (bicyclic) bond motifs is 1. The SMILES string of the molecule is Cc1nc(N)nc(NCc2nc3ccn(C)c3cc2N2CCNCC2)c1C#N. The summed E-state index contributed by atoms with van der Waals surface area (Å²) in [7, 11) is 2.02. The lowest BCUT2D eigenvalue weighted by Gasteiger charge is -2.31. The standard InChI is InChI=1S/C19H23N9/c1-12-13(10-20)18(26-19(21)24-12)23-11-15-17(28-7-4-22-5-8-28)9-16-14(25-15)3-6-27(16)2/h3,6,9,22H,4-5,7-8,11H2,1-2H3,(H3,21,23,24,26). The van der Waals surface area contributed by atoms with Gasteiger partial charge in [0.2, 0.25) is 5.95 Å². The van der Waals surface area contributed by atoms with Crippen LogP contribution in [0.3, 0.4) is 0 Å². The summed E-state index contributed by atoms with van der Waals surface area (Å²) in [6.07, 6.45) is 2.01. The van der Waals surface area contributed by atoms with E-state index in [1.54, 1.807) is 6.92 Å². The Balaban J connectivity index is 1.71. The van der Waals surface area contributed by atoms with Crippen LogP contribution in [0.25, 0.3) is 11.0 Å². The van der Waals surface area contributed by atoms with Crippen molar-refractivity contribution in [2.24, 2.45) is 7.05 Å². The van der Waals surface area contributed by atoms with E-state index in [0.29, 0.717) is 23.6 Å². The summed E-state index contributed by atoms with van der Waals surface area (Å²) in [6.45, 7) is 5.93. The maximum atomic E-state index is 9.45. The fourth-order valence-electron chi connectivity index (χ4n) is 3.55. The van der Waals surface area contributed by atoms with Crippen molar-refractivity contribution < 1.29 is 0 Å². The first kappa shape index (κ1) is 18.0. The summed E-state index contributed by atoms with van der Waals surface area (Å²) in [6, 6.07) is 6.35. The summed E-state index contributed by atoms with van der Waals surface area (Å²) in [5.74, 6) is 0.585. The van der Waals surface area contributed by atoms with Crippen LogP contribution in [0.4, 0.5) is 17.5 Å². The quantitative estimate of drug-likeness (QED) is 0.619. The summed E-state index contributed by atoms with van der Waals surface area (Å²) >= 11 is 0. The van der Waals surface area contributed by atoms with Gasteiger partial charge in [-0.05, 0) is 19.1 Å². The van der Waals surface area contributed by atoms with E-state index in [1.807, 2.05) is 19.3 Å². The molecule has 144 valence electrons. The second kappa shape index (κ2) is 7.32. The van der Waals surface area contributed by atoms with Gasteiger partial charge in [-0.2, -0.15) is 10.2 Å². The van der Waals surface area contributed by atoms with Crippen LogP contribution < -0.4 is 21.3 Å². The number of nitrogen functional groups attached to an aromatic ring is 1. The topological polar surface area (TPSA) is 121 Å².